The number of nitrogens with zero attached hydrogens (tertiary/aromatic N) is 2. The van der Waals surface area contributed by atoms with Crippen LogP contribution in [0.25, 0.3) is 6.08 Å². The number of thioether (sulfide) groups is 1. The van der Waals surface area contributed by atoms with Crippen molar-refractivity contribution in [1.82, 2.24) is 5.06 Å². The number of anilines is 1. The fraction of sp³-hybridized carbons (Fsp3) is 0.333. The van der Waals surface area contributed by atoms with Crippen LogP contribution in [0.1, 0.15) is 29.5 Å². The summed E-state index contributed by atoms with van der Waals surface area (Å²) in [7, 11) is 0. The Balaban J connectivity index is 1.65. The minimum atomic E-state index is -0.315. The summed E-state index contributed by atoms with van der Waals surface area (Å²) in [6.45, 7) is 5.68. The second-order valence-corrected chi connectivity index (χ2v) is 7.87. The van der Waals surface area contributed by atoms with E-state index in [1.807, 2.05) is 6.08 Å². The van der Waals surface area contributed by atoms with E-state index >= 15 is 0 Å². The smallest absolute Gasteiger partial charge is 0.293 e. The third-order valence-corrected chi connectivity index (χ3v) is 5.86. The first kappa shape index (κ1) is 16.6. The number of carbonyl (C=O) groups excluding carboxylic acids is 1. The number of benzene rings is 1. The number of thiocarbonyl (C=S) groups is 1. The molecule has 0 radical (unpaired) electrons. The van der Waals surface area contributed by atoms with Crippen molar-refractivity contribution >= 4 is 46.0 Å². The van der Waals surface area contributed by atoms with Crippen molar-refractivity contribution < 1.29 is 14.7 Å². The van der Waals surface area contributed by atoms with Crippen LogP contribution in [-0.4, -0.2) is 28.4 Å². The second-order valence-electron chi connectivity index (χ2n) is 6.20. The summed E-state index contributed by atoms with van der Waals surface area (Å²) in [6, 6.07) is 4.40. The van der Waals surface area contributed by atoms with Crippen LogP contribution in [0.3, 0.4) is 0 Å². The molecule has 1 saturated heterocycles. The number of hydroxylamine groups is 2. The topological polar surface area (TPSA) is 42.0 Å². The summed E-state index contributed by atoms with van der Waals surface area (Å²) < 4.78 is 0.309. The second kappa shape index (κ2) is 6.82. The molecular formula is C18H18N2O3S2. The standard InChI is InChI=1S/C18H18N2O3S2/c1-2-22-23-20-17(21)15(25-18(20)24)11-12-9-13-5-3-7-19-8-4-6-14(10-12)16(13)19/h2,9-11H,1,3-8H2/b15-11+. The molecule has 3 aliphatic heterocycles. The maximum atomic E-state index is 12.4. The molecule has 1 fully saturated rings. The number of carbonyl (C=O) groups is 1. The Bertz CT molecular complexity index is 760. The summed E-state index contributed by atoms with van der Waals surface area (Å²) in [5.74, 6) is -0.315. The van der Waals surface area contributed by atoms with Gasteiger partial charge >= 0.3 is 0 Å². The molecular weight excluding hydrogens is 356 g/mol. The molecule has 1 aromatic carbocycles. The maximum Gasteiger partial charge on any atom is 0.293 e. The molecule has 7 heteroatoms. The molecule has 1 aromatic rings. The number of hydrogen-bond donors (Lipinski definition) is 0. The van der Waals surface area contributed by atoms with Gasteiger partial charge in [0, 0.05) is 18.8 Å². The highest BCUT2D eigenvalue weighted by Gasteiger charge is 2.35. The minimum Gasteiger partial charge on any atom is -0.371 e. The molecule has 0 aromatic heterocycles. The van der Waals surface area contributed by atoms with Crippen molar-refractivity contribution in [3.63, 3.8) is 0 Å². The fourth-order valence-electron chi connectivity index (χ4n) is 3.66. The zero-order valence-corrected chi connectivity index (χ0v) is 15.3. The van der Waals surface area contributed by atoms with Gasteiger partial charge in [-0.2, -0.15) is 0 Å². The highest BCUT2D eigenvalue weighted by Crippen LogP contribution is 2.38. The normalized spacial score (nSPS) is 20.9. The van der Waals surface area contributed by atoms with E-state index in [1.54, 1.807) is 0 Å². The van der Waals surface area contributed by atoms with E-state index in [2.05, 4.69) is 28.5 Å². The Kier molecular flexibility index (Phi) is 4.54. The molecule has 0 atom stereocenters. The van der Waals surface area contributed by atoms with Crippen LogP contribution in [0.5, 0.6) is 0 Å². The van der Waals surface area contributed by atoms with Crippen molar-refractivity contribution in [1.29, 1.82) is 0 Å². The molecule has 0 N–H and O–H groups in total. The SMILES string of the molecule is C=COON1C(=O)/C(=C\c2cc3c4c(c2)CCCN4CCC3)SC1=S. The van der Waals surface area contributed by atoms with E-state index in [4.69, 9.17) is 17.2 Å². The lowest BCUT2D eigenvalue weighted by atomic mass is 9.90. The zero-order chi connectivity index (χ0) is 17.4. The molecule has 5 nitrogen and oxygen atoms in total. The highest BCUT2D eigenvalue weighted by atomic mass is 32.2. The zero-order valence-electron chi connectivity index (χ0n) is 13.7. The van der Waals surface area contributed by atoms with E-state index in [0.29, 0.717) is 9.23 Å². The Morgan fingerprint density at radius 1 is 1.20 bits per heavy atom. The number of hydrogen-bond acceptors (Lipinski definition) is 6. The van der Waals surface area contributed by atoms with Crippen molar-refractivity contribution in [2.24, 2.45) is 0 Å². The highest BCUT2D eigenvalue weighted by molar-refractivity contribution is 8.26. The predicted octanol–water partition coefficient (Wildman–Crippen LogP) is 3.59. The van der Waals surface area contributed by atoms with Crippen LogP contribution in [0.2, 0.25) is 0 Å². The Morgan fingerprint density at radius 2 is 1.88 bits per heavy atom. The monoisotopic (exact) mass is 374 g/mol. The molecule has 3 aliphatic rings. The lowest BCUT2D eigenvalue weighted by Gasteiger charge is -2.37. The molecule has 4 rings (SSSR count). The quantitative estimate of drug-likeness (QED) is 0.264. The van der Waals surface area contributed by atoms with Gasteiger partial charge in [-0.3, -0.25) is 4.79 Å². The fourth-order valence-corrected chi connectivity index (χ4v) is 4.79. The van der Waals surface area contributed by atoms with Gasteiger partial charge in [-0.15, -0.1) is 5.06 Å². The summed E-state index contributed by atoms with van der Waals surface area (Å²) >= 11 is 6.39. The first-order valence-electron chi connectivity index (χ1n) is 8.30. The van der Waals surface area contributed by atoms with Gasteiger partial charge in [-0.1, -0.05) is 23.3 Å². The molecule has 0 aliphatic carbocycles. The van der Waals surface area contributed by atoms with Crippen LogP contribution in [0.4, 0.5) is 5.69 Å². The summed E-state index contributed by atoms with van der Waals surface area (Å²) in [6.07, 6.45) is 7.55. The average Bonchev–Trinajstić information content (AvgIpc) is 2.87. The molecule has 0 bridgehead atoms. The van der Waals surface area contributed by atoms with E-state index in [-0.39, 0.29) is 5.91 Å². The van der Waals surface area contributed by atoms with Crippen molar-refractivity contribution in [2.75, 3.05) is 18.0 Å². The predicted molar refractivity (Wildman–Crippen MR) is 103 cm³/mol. The number of rotatable bonds is 4. The van der Waals surface area contributed by atoms with E-state index in [1.165, 1.54) is 41.4 Å². The minimum absolute atomic E-state index is 0.309. The van der Waals surface area contributed by atoms with Gasteiger partial charge in [0.25, 0.3) is 5.91 Å². The summed E-state index contributed by atoms with van der Waals surface area (Å²) in [5.41, 5.74) is 5.24. The van der Waals surface area contributed by atoms with Gasteiger partial charge in [-0.25, -0.2) is 0 Å². The van der Waals surface area contributed by atoms with E-state index in [9.17, 15) is 4.79 Å². The summed E-state index contributed by atoms with van der Waals surface area (Å²) in [5, 5.41) is 0.970. The van der Waals surface area contributed by atoms with E-state index in [0.717, 1.165) is 42.8 Å². The van der Waals surface area contributed by atoms with Gasteiger partial charge in [0.1, 0.15) is 6.26 Å². The largest absolute Gasteiger partial charge is 0.371 e. The van der Waals surface area contributed by atoms with Gasteiger partial charge < -0.3 is 9.79 Å². The Morgan fingerprint density at radius 3 is 2.52 bits per heavy atom. The van der Waals surface area contributed by atoms with Gasteiger partial charge in [-0.05, 0) is 72.8 Å². The molecule has 0 unspecified atom stereocenters. The average molecular weight is 374 g/mol. The van der Waals surface area contributed by atoms with Crippen LogP contribution in [-0.2, 0) is 27.5 Å². The molecule has 1 amide bonds. The molecule has 0 spiro atoms. The first-order valence-corrected chi connectivity index (χ1v) is 9.53. The lowest BCUT2D eigenvalue weighted by molar-refractivity contribution is -0.350. The van der Waals surface area contributed by atoms with Crippen LogP contribution < -0.4 is 4.90 Å². The van der Waals surface area contributed by atoms with E-state index < -0.39 is 0 Å². The molecule has 130 valence electrons. The number of aryl methyl sites for hydroxylation is 2. The van der Waals surface area contributed by atoms with Crippen molar-refractivity contribution in [3.8, 4) is 0 Å². The Hall–Kier alpha value is -1.83. The van der Waals surface area contributed by atoms with Crippen molar-refractivity contribution in [2.45, 2.75) is 25.7 Å². The number of amides is 1. The van der Waals surface area contributed by atoms with Crippen LogP contribution in [0.15, 0.2) is 29.9 Å². The third-order valence-electron chi connectivity index (χ3n) is 4.60. The van der Waals surface area contributed by atoms with Gasteiger partial charge in [0.2, 0.25) is 0 Å². The maximum absolute atomic E-state index is 12.4. The van der Waals surface area contributed by atoms with Crippen LogP contribution >= 0.6 is 24.0 Å². The summed E-state index contributed by atoms with van der Waals surface area (Å²) in [4.78, 5) is 25.0. The van der Waals surface area contributed by atoms with Gasteiger partial charge in [0.05, 0.1) is 4.91 Å². The van der Waals surface area contributed by atoms with Crippen LogP contribution in [0, 0.1) is 0 Å². The first-order chi connectivity index (χ1) is 12.2. The van der Waals surface area contributed by atoms with Gasteiger partial charge in [0.15, 0.2) is 4.32 Å². The molecule has 0 saturated carbocycles. The lowest BCUT2D eigenvalue weighted by Crippen LogP contribution is -2.34. The third kappa shape index (κ3) is 3.07. The molecule has 3 heterocycles. The van der Waals surface area contributed by atoms with Crippen molar-refractivity contribution in [3.05, 3.63) is 46.6 Å². The Labute approximate surface area is 156 Å². The molecule has 25 heavy (non-hydrogen) atoms.